The normalized spacial score (nSPS) is 21.7. The van der Waals surface area contributed by atoms with Gasteiger partial charge in [0, 0.05) is 26.7 Å². The number of piperidine rings is 1. The zero-order valence-electron chi connectivity index (χ0n) is 16.7. The van der Waals surface area contributed by atoms with E-state index < -0.39 is 5.41 Å². The summed E-state index contributed by atoms with van der Waals surface area (Å²) in [7, 11) is 3.44. The number of amides is 2. The Morgan fingerprint density at radius 2 is 1.97 bits per heavy atom. The first-order valence-corrected chi connectivity index (χ1v) is 9.77. The molecule has 3 heterocycles. The second-order valence-electron chi connectivity index (χ2n) is 7.68. The number of rotatable bonds is 5. The molecule has 1 spiro atoms. The Labute approximate surface area is 169 Å². The van der Waals surface area contributed by atoms with Crippen LogP contribution < -0.4 is 9.47 Å². The molecular formula is C21H25N3O5. The molecule has 2 aliphatic rings. The molecule has 1 aromatic carbocycles. The summed E-state index contributed by atoms with van der Waals surface area (Å²) in [5.41, 5.74) is -0.195. The molecule has 4 rings (SSSR count). The quantitative estimate of drug-likeness (QED) is 0.767. The largest absolute Gasteiger partial charge is 0.497 e. The number of hydrogen-bond donors (Lipinski definition) is 0. The van der Waals surface area contributed by atoms with Crippen molar-refractivity contribution in [3.8, 4) is 11.5 Å². The monoisotopic (exact) mass is 399 g/mol. The van der Waals surface area contributed by atoms with Crippen LogP contribution in [0.25, 0.3) is 0 Å². The fourth-order valence-corrected chi connectivity index (χ4v) is 4.15. The summed E-state index contributed by atoms with van der Waals surface area (Å²) in [6, 6.07) is 7.17. The van der Waals surface area contributed by atoms with Crippen LogP contribution in [0.5, 0.6) is 11.5 Å². The lowest BCUT2D eigenvalue weighted by Gasteiger charge is -2.37. The lowest BCUT2D eigenvalue weighted by Crippen LogP contribution is -2.48. The highest BCUT2D eigenvalue weighted by atomic mass is 16.5. The van der Waals surface area contributed by atoms with Crippen molar-refractivity contribution >= 4 is 11.8 Å². The molecule has 154 valence electrons. The summed E-state index contributed by atoms with van der Waals surface area (Å²) in [4.78, 5) is 33.3. The van der Waals surface area contributed by atoms with Crippen LogP contribution in [-0.2, 0) is 11.4 Å². The average Bonchev–Trinajstić information content (AvgIpc) is 3.39. The van der Waals surface area contributed by atoms with Gasteiger partial charge in [0.25, 0.3) is 5.91 Å². The van der Waals surface area contributed by atoms with Gasteiger partial charge >= 0.3 is 0 Å². The van der Waals surface area contributed by atoms with E-state index >= 15 is 0 Å². The van der Waals surface area contributed by atoms with Crippen LogP contribution in [0.2, 0.25) is 0 Å². The van der Waals surface area contributed by atoms with Crippen LogP contribution in [-0.4, -0.2) is 60.4 Å². The number of carbonyl (C=O) groups excluding carboxylic acids is 2. The first kappa shape index (κ1) is 19.3. The van der Waals surface area contributed by atoms with Gasteiger partial charge in [0.2, 0.25) is 11.8 Å². The van der Waals surface area contributed by atoms with Crippen LogP contribution >= 0.6 is 0 Å². The Morgan fingerprint density at radius 1 is 1.21 bits per heavy atom. The molecule has 2 amide bonds. The Morgan fingerprint density at radius 3 is 2.72 bits per heavy atom. The van der Waals surface area contributed by atoms with Crippen molar-refractivity contribution in [3.05, 3.63) is 42.1 Å². The van der Waals surface area contributed by atoms with Crippen molar-refractivity contribution in [2.75, 3.05) is 33.8 Å². The molecule has 0 unspecified atom stereocenters. The summed E-state index contributed by atoms with van der Waals surface area (Å²) in [5.74, 6) is 1.66. The van der Waals surface area contributed by atoms with Gasteiger partial charge in [0.05, 0.1) is 12.5 Å². The number of methoxy groups -OCH3 is 1. The first-order chi connectivity index (χ1) is 14.0. The highest BCUT2D eigenvalue weighted by molar-refractivity contribution is 5.93. The maximum atomic E-state index is 12.8. The van der Waals surface area contributed by atoms with Gasteiger partial charge in [-0.15, -0.1) is 0 Å². The molecule has 0 radical (unpaired) electrons. The van der Waals surface area contributed by atoms with Crippen molar-refractivity contribution in [2.24, 2.45) is 5.41 Å². The molecule has 0 saturated carbocycles. The molecule has 1 atom stereocenters. The Balaban J connectivity index is 1.36. The number of nitrogens with zero attached hydrogens (tertiary/aromatic N) is 3. The lowest BCUT2D eigenvalue weighted by atomic mass is 9.78. The number of hydrogen-bond acceptors (Lipinski definition) is 6. The third-order valence-corrected chi connectivity index (χ3v) is 5.78. The Bertz CT molecular complexity index is 894. The highest BCUT2D eigenvalue weighted by Gasteiger charge is 2.48. The van der Waals surface area contributed by atoms with Crippen molar-refractivity contribution in [2.45, 2.75) is 25.9 Å². The highest BCUT2D eigenvalue weighted by Crippen LogP contribution is 2.40. The van der Waals surface area contributed by atoms with E-state index in [1.807, 2.05) is 7.05 Å². The molecular weight excluding hydrogens is 374 g/mol. The Hall–Kier alpha value is -3.03. The number of likely N-dealkylation sites (tertiary alicyclic amines) is 2. The van der Waals surface area contributed by atoms with Gasteiger partial charge in [-0.1, -0.05) is 0 Å². The van der Waals surface area contributed by atoms with Crippen LogP contribution in [0.3, 0.4) is 0 Å². The van der Waals surface area contributed by atoms with Crippen molar-refractivity contribution in [1.29, 1.82) is 0 Å². The zero-order chi connectivity index (χ0) is 20.4. The summed E-state index contributed by atoms with van der Waals surface area (Å²) in [6.45, 7) is 1.91. The fraction of sp³-hybridized carbons (Fsp3) is 0.476. The van der Waals surface area contributed by atoms with Gasteiger partial charge in [0.1, 0.15) is 17.8 Å². The molecule has 8 heteroatoms. The second-order valence-corrected chi connectivity index (χ2v) is 7.68. The second kappa shape index (κ2) is 7.77. The fourth-order valence-electron chi connectivity index (χ4n) is 4.15. The Kier molecular flexibility index (Phi) is 5.17. The van der Waals surface area contributed by atoms with E-state index in [9.17, 15) is 9.59 Å². The molecule has 1 aromatic heterocycles. The van der Waals surface area contributed by atoms with Gasteiger partial charge in [0.15, 0.2) is 12.3 Å². The van der Waals surface area contributed by atoms with Crippen LogP contribution in [0.15, 0.2) is 34.9 Å². The van der Waals surface area contributed by atoms with E-state index in [4.69, 9.17) is 13.9 Å². The van der Waals surface area contributed by atoms with Gasteiger partial charge in [-0.2, -0.15) is 0 Å². The van der Waals surface area contributed by atoms with Crippen molar-refractivity contribution in [1.82, 2.24) is 14.8 Å². The maximum absolute atomic E-state index is 12.8. The minimum absolute atomic E-state index is 0.118. The summed E-state index contributed by atoms with van der Waals surface area (Å²) in [5, 5.41) is 0. The van der Waals surface area contributed by atoms with Crippen LogP contribution in [0, 0.1) is 5.41 Å². The number of aromatic nitrogens is 1. The number of carbonyl (C=O) groups is 2. The molecule has 0 aliphatic carbocycles. The van der Waals surface area contributed by atoms with E-state index in [1.165, 1.54) is 6.26 Å². The van der Waals surface area contributed by atoms with Crippen molar-refractivity contribution in [3.63, 3.8) is 0 Å². The number of ether oxygens (including phenoxy) is 2. The zero-order valence-corrected chi connectivity index (χ0v) is 16.7. The average molecular weight is 399 g/mol. The van der Waals surface area contributed by atoms with E-state index in [2.05, 4.69) is 4.98 Å². The van der Waals surface area contributed by atoms with E-state index in [0.717, 1.165) is 25.1 Å². The van der Waals surface area contributed by atoms with Crippen molar-refractivity contribution < 1.29 is 23.5 Å². The molecule has 2 aliphatic heterocycles. The predicted molar refractivity (Wildman–Crippen MR) is 104 cm³/mol. The van der Waals surface area contributed by atoms with Gasteiger partial charge < -0.3 is 23.7 Å². The molecule has 0 N–H and O–H groups in total. The van der Waals surface area contributed by atoms with Gasteiger partial charge in [-0.25, -0.2) is 4.98 Å². The minimum atomic E-state index is -0.438. The SMILES string of the molecule is COc1ccc(OCc2nc(C(=O)N3CC[C@@]4(CCCN(C)C4=O)C3)co2)cc1. The molecule has 2 fully saturated rings. The van der Waals surface area contributed by atoms with E-state index in [1.54, 1.807) is 41.2 Å². The maximum Gasteiger partial charge on any atom is 0.275 e. The topological polar surface area (TPSA) is 85.1 Å². The minimum Gasteiger partial charge on any atom is -0.497 e. The molecule has 0 bridgehead atoms. The summed E-state index contributed by atoms with van der Waals surface area (Å²) < 4.78 is 16.2. The summed E-state index contributed by atoms with van der Waals surface area (Å²) >= 11 is 0. The van der Waals surface area contributed by atoms with Gasteiger partial charge in [-0.05, 0) is 43.5 Å². The van der Waals surface area contributed by atoms with Crippen LogP contribution in [0.4, 0.5) is 0 Å². The van der Waals surface area contributed by atoms with E-state index in [-0.39, 0.29) is 24.1 Å². The lowest BCUT2D eigenvalue weighted by molar-refractivity contribution is -0.143. The first-order valence-electron chi connectivity index (χ1n) is 9.77. The number of benzene rings is 1. The third kappa shape index (κ3) is 3.79. The number of oxazole rings is 1. The van der Waals surface area contributed by atoms with Gasteiger partial charge in [-0.3, -0.25) is 9.59 Å². The molecule has 29 heavy (non-hydrogen) atoms. The van der Waals surface area contributed by atoms with Crippen LogP contribution in [0.1, 0.15) is 35.6 Å². The molecule has 2 saturated heterocycles. The molecule has 2 aromatic rings. The standard InChI is InChI=1S/C21H25N3O5/c1-23-10-3-8-21(20(23)26)9-11-24(14-21)19(25)17-12-29-18(22-17)13-28-16-6-4-15(27-2)5-7-16/h4-7,12H,3,8-11,13-14H2,1-2H3/t21-/m0/s1. The van der Waals surface area contributed by atoms with E-state index in [0.29, 0.717) is 31.2 Å². The predicted octanol–water partition coefficient (Wildman–Crippen LogP) is 2.35. The summed E-state index contributed by atoms with van der Waals surface area (Å²) in [6.07, 6.45) is 3.86. The molecule has 8 nitrogen and oxygen atoms in total. The third-order valence-electron chi connectivity index (χ3n) is 5.78. The smallest absolute Gasteiger partial charge is 0.275 e.